The van der Waals surface area contributed by atoms with Gasteiger partial charge in [0.05, 0.1) is 5.56 Å². The molecule has 1 amide bonds. The molecule has 1 aliphatic heterocycles. The average Bonchev–Trinajstić information content (AvgIpc) is 2.62. The Labute approximate surface area is 147 Å². The molecule has 0 spiro atoms. The van der Waals surface area contributed by atoms with E-state index in [1.54, 1.807) is 38.5 Å². The lowest BCUT2D eigenvalue weighted by atomic mass is 10.1. The van der Waals surface area contributed by atoms with Crippen LogP contribution in [-0.4, -0.2) is 49.1 Å². The van der Waals surface area contributed by atoms with Crippen molar-refractivity contribution in [2.45, 2.75) is 18.9 Å². The predicted molar refractivity (Wildman–Crippen MR) is 94.5 cm³/mol. The zero-order valence-corrected chi connectivity index (χ0v) is 14.5. The molecular formula is C19H22FN3O2. The van der Waals surface area contributed by atoms with E-state index in [9.17, 15) is 9.18 Å². The highest BCUT2D eigenvalue weighted by molar-refractivity contribution is 5.93. The number of carbonyl (C=O) groups is 1. The van der Waals surface area contributed by atoms with Crippen LogP contribution < -0.4 is 9.64 Å². The molecule has 0 unspecified atom stereocenters. The van der Waals surface area contributed by atoms with Crippen molar-refractivity contribution < 1.29 is 13.9 Å². The van der Waals surface area contributed by atoms with Gasteiger partial charge in [-0.3, -0.25) is 4.79 Å². The van der Waals surface area contributed by atoms with Crippen molar-refractivity contribution in [1.29, 1.82) is 0 Å². The van der Waals surface area contributed by atoms with E-state index in [0.29, 0.717) is 11.3 Å². The Morgan fingerprint density at radius 3 is 2.60 bits per heavy atom. The van der Waals surface area contributed by atoms with Gasteiger partial charge in [0.15, 0.2) is 0 Å². The number of hydrogen-bond donors (Lipinski definition) is 0. The molecule has 3 rings (SSSR count). The summed E-state index contributed by atoms with van der Waals surface area (Å²) in [7, 11) is 3.44. The number of piperidine rings is 1. The fourth-order valence-electron chi connectivity index (χ4n) is 2.89. The summed E-state index contributed by atoms with van der Waals surface area (Å²) in [5.74, 6) is 1.09. The summed E-state index contributed by atoms with van der Waals surface area (Å²) in [6.07, 6.45) is 3.38. The van der Waals surface area contributed by atoms with Crippen LogP contribution in [0.15, 0.2) is 42.6 Å². The number of aromatic nitrogens is 1. The minimum atomic E-state index is -0.286. The number of halogens is 1. The van der Waals surface area contributed by atoms with Crippen molar-refractivity contribution in [3.8, 4) is 5.75 Å². The number of carbonyl (C=O) groups excluding carboxylic acids is 1. The van der Waals surface area contributed by atoms with Gasteiger partial charge in [-0.1, -0.05) is 6.07 Å². The molecular weight excluding hydrogens is 321 g/mol. The minimum absolute atomic E-state index is 0.0544. The van der Waals surface area contributed by atoms with Gasteiger partial charge in [0, 0.05) is 52.3 Å². The molecule has 0 bridgehead atoms. The van der Waals surface area contributed by atoms with Crippen molar-refractivity contribution >= 4 is 11.7 Å². The lowest BCUT2D eigenvalue weighted by Crippen LogP contribution is -2.38. The molecule has 0 saturated carbocycles. The van der Waals surface area contributed by atoms with Crippen LogP contribution in [0.3, 0.4) is 0 Å². The third-order valence-corrected chi connectivity index (χ3v) is 4.27. The largest absolute Gasteiger partial charge is 0.490 e. The summed E-state index contributed by atoms with van der Waals surface area (Å²) >= 11 is 0. The number of amides is 1. The van der Waals surface area contributed by atoms with Crippen LogP contribution in [0.5, 0.6) is 5.75 Å². The first kappa shape index (κ1) is 17.2. The Morgan fingerprint density at radius 1 is 1.24 bits per heavy atom. The van der Waals surface area contributed by atoms with Crippen LogP contribution in [-0.2, 0) is 0 Å². The smallest absolute Gasteiger partial charge is 0.254 e. The first-order valence-electron chi connectivity index (χ1n) is 8.38. The van der Waals surface area contributed by atoms with Gasteiger partial charge in [-0.2, -0.15) is 0 Å². The van der Waals surface area contributed by atoms with Gasteiger partial charge in [0.25, 0.3) is 5.91 Å². The number of benzene rings is 1. The summed E-state index contributed by atoms with van der Waals surface area (Å²) < 4.78 is 19.1. The number of pyridine rings is 1. The van der Waals surface area contributed by atoms with E-state index in [1.807, 2.05) is 6.07 Å². The highest BCUT2D eigenvalue weighted by Gasteiger charge is 2.22. The average molecular weight is 343 g/mol. The number of nitrogens with zero attached hydrogens (tertiary/aromatic N) is 3. The first-order chi connectivity index (χ1) is 12.0. The maximum atomic E-state index is 13.2. The van der Waals surface area contributed by atoms with Gasteiger partial charge in [0.2, 0.25) is 0 Å². The van der Waals surface area contributed by atoms with Crippen molar-refractivity contribution in [1.82, 2.24) is 9.88 Å². The Kier molecular flexibility index (Phi) is 5.16. The Bertz CT molecular complexity index is 726. The molecule has 1 saturated heterocycles. The Hall–Kier alpha value is -2.63. The van der Waals surface area contributed by atoms with Gasteiger partial charge in [0.1, 0.15) is 23.5 Å². The molecule has 132 valence electrons. The van der Waals surface area contributed by atoms with E-state index in [-0.39, 0.29) is 17.8 Å². The zero-order chi connectivity index (χ0) is 17.8. The van der Waals surface area contributed by atoms with Gasteiger partial charge >= 0.3 is 0 Å². The second-order valence-electron chi connectivity index (χ2n) is 6.37. The van der Waals surface area contributed by atoms with Crippen molar-refractivity contribution in [2.24, 2.45) is 0 Å². The van der Waals surface area contributed by atoms with Gasteiger partial charge in [-0.15, -0.1) is 0 Å². The van der Waals surface area contributed by atoms with Crippen molar-refractivity contribution in [3.05, 3.63) is 54.0 Å². The molecule has 0 radical (unpaired) electrons. The second kappa shape index (κ2) is 7.51. The SMILES string of the molecule is CN(C)C(=O)c1ccc(N2CCC(Oc3cccc(F)c3)CC2)nc1. The Balaban J connectivity index is 1.56. The normalized spacial score (nSPS) is 15.1. The van der Waals surface area contributed by atoms with Crippen LogP contribution in [0.1, 0.15) is 23.2 Å². The van der Waals surface area contributed by atoms with Crippen LogP contribution in [0.2, 0.25) is 0 Å². The van der Waals surface area contributed by atoms with Gasteiger partial charge in [-0.05, 0) is 24.3 Å². The highest BCUT2D eigenvalue weighted by Crippen LogP contribution is 2.22. The maximum absolute atomic E-state index is 13.2. The van der Waals surface area contributed by atoms with Crippen LogP contribution in [0.4, 0.5) is 10.2 Å². The number of anilines is 1. The minimum Gasteiger partial charge on any atom is -0.490 e. The van der Waals surface area contributed by atoms with E-state index in [1.165, 1.54) is 17.0 Å². The molecule has 0 N–H and O–H groups in total. The van der Waals surface area contributed by atoms with Gasteiger partial charge < -0.3 is 14.5 Å². The van der Waals surface area contributed by atoms with Crippen LogP contribution in [0, 0.1) is 5.82 Å². The number of ether oxygens (including phenoxy) is 1. The van der Waals surface area contributed by atoms with Crippen molar-refractivity contribution in [3.63, 3.8) is 0 Å². The molecule has 2 heterocycles. The first-order valence-corrected chi connectivity index (χ1v) is 8.38. The molecule has 25 heavy (non-hydrogen) atoms. The quantitative estimate of drug-likeness (QED) is 0.856. The van der Waals surface area contributed by atoms with Crippen molar-refractivity contribution in [2.75, 3.05) is 32.1 Å². The molecule has 0 aliphatic carbocycles. The lowest BCUT2D eigenvalue weighted by Gasteiger charge is -2.33. The van der Waals surface area contributed by atoms with E-state index < -0.39 is 0 Å². The van der Waals surface area contributed by atoms with Crippen LogP contribution >= 0.6 is 0 Å². The molecule has 1 fully saturated rings. The standard InChI is InChI=1S/C19H22FN3O2/c1-22(2)19(24)14-6-7-18(21-13-14)23-10-8-16(9-11-23)25-17-5-3-4-15(20)12-17/h3-7,12-13,16H,8-11H2,1-2H3. The number of rotatable bonds is 4. The summed E-state index contributed by atoms with van der Waals surface area (Å²) in [6.45, 7) is 1.63. The molecule has 1 aromatic carbocycles. The fraction of sp³-hybridized carbons (Fsp3) is 0.368. The molecule has 5 nitrogen and oxygen atoms in total. The fourth-order valence-corrected chi connectivity index (χ4v) is 2.89. The molecule has 1 aromatic heterocycles. The third-order valence-electron chi connectivity index (χ3n) is 4.27. The monoisotopic (exact) mass is 343 g/mol. The maximum Gasteiger partial charge on any atom is 0.254 e. The summed E-state index contributed by atoms with van der Waals surface area (Å²) in [5.41, 5.74) is 0.582. The van der Waals surface area contributed by atoms with E-state index in [2.05, 4.69) is 9.88 Å². The van der Waals surface area contributed by atoms with E-state index >= 15 is 0 Å². The van der Waals surface area contributed by atoms with E-state index in [0.717, 1.165) is 31.7 Å². The predicted octanol–water partition coefficient (Wildman–Crippen LogP) is 2.97. The second-order valence-corrected chi connectivity index (χ2v) is 6.37. The summed E-state index contributed by atoms with van der Waals surface area (Å²) in [5, 5.41) is 0. The lowest BCUT2D eigenvalue weighted by molar-refractivity contribution is 0.0827. The molecule has 0 atom stereocenters. The summed E-state index contributed by atoms with van der Waals surface area (Å²) in [6, 6.07) is 9.93. The zero-order valence-electron chi connectivity index (χ0n) is 14.5. The molecule has 6 heteroatoms. The molecule has 1 aliphatic rings. The summed E-state index contributed by atoms with van der Waals surface area (Å²) in [4.78, 5) is 20.0. The molecule has 2 aromatic rings. The van der Waals surface area contributed by atoms with E-state index in [4.69, 9.17) is 4.74 Å². The van der Waals surface area contributed by atoms with Gasteiger partial charge in [-0.25, -0.2) is 9.37 Å². The Morgan fingerprint density at radius 2 is 2.00 bits per heavy atom. The highest BCUT2D eigenvalue weighted by atomic mass is 19.1. The number of hydrogen-bond acceptors (Lipinski definition) is 4. The third kappa shape index (κ3) is 4.26. The van der Waals surface area contributed by atoms with Crippen LogP contribution in [0.25, 0.3) is 0 Å². The topological polar surface area (TPSA) is 45.7 Å².